The molecule has 48 heavy (non-hydrogen) atoms. The molecular weight excluding hydrogens is 685 g/mol. The van der Waals surface area contributed by atoms with Crippen molar-refractivity contribution in [1.29, 1.82) is 0 Å². The van der Waals surface area contributed by atoms with E-state index in [9.17, 15) is 44.3 Å². The number of fused-ring (bicyclic) bond motifs is 1. The predicted octanol–water partition coefficient (Wildman–Crippen LogP) is 9.33. The first-order valence-electron chi connectivity index (χ1n) is 13.0. The summed E-state index contributed by atoms with van der Waals surface area (Å²) >= 11 is 1.24. The molecule has 5 aromatic rings. The van der Waals surface area contributed by atoms with E-state index in [-0.39, 0.29) is 11.8 Å². The molecule has 0 saturated carbocycles. The minimum absolute atomic E-state index is 0.0854. The van der Waals surface area contributed by atoms with Crippen molar-refractivity contribution in [3.63, 3.8) is 0 Å². The number of nitrogens with zero attached hydrogens (tertiary/aromatic N) is 2. The normalized spacial score (nSPS) is 11.8. The van der Waals surface area contributed by atoms with Crippen LogP contribution in [0.2, 0.25) is 0 Å². The molecule has 0 aliphatic heterocycles. The zero-order valence-corrected chi connectivity index (χ0v) is 24.6. The molecule has 0 saturated heterocycles. The number of halogens is 9. The second kappa shape index (κ2) is 13.8. The standard InChI is InChI=1S/C28H17F6N3O3S.C2HF3O2/c1-15(38)36-26-37-25-22(3-2-4-23(25)41-26)39-24-13-20(16-5-9-18(10-6-16)27(29,30)31)21(14-35-24)17-7-11-19(12-8-17)40-28(32,33)34;3-2(4,5)1(6)7/h2-14H,1H3,(H,36,37,38);(H,6,7). The molecule has 8 nitrogen and oxygen atoms in total. The molecule has 0 unspecified atom stereocenters. The van der Waals surface area contributed by atoms with Crippen LogP contribution in [-0.4, -0.2) is 39.5 Å². The summed E-state index contributed by atoms with van der Waals surface area (Å²) < 4.78 is 120. The monoisotopic (exact) mass is 703 g/mol. The molecule has 0 atom stereocenters. The van der Waals surface area contributed by atoms with Crippen molar-refractivity contribution >= 4 is 38.6 Å². The van der Waals surface area contributed by atoms with Crippen LogP contribution in [0.25, 0.3) is 32.5 Å². The highest BCUT2D eigenvalue weighted by atomic mass is 32.1. The van der Waals surface area contributed by atoms with Gasteiger partial charge < -0.3 is 19.9 Å². The Balaban J connectivity index is 0.000000671. The van der Waals surface area contributed by atoms with Crippen molar-refractivity contribution in [3.8, 4) is 39.6 Å². The number of carboxylic acids is 1. The van der Waals surface area contributed by atoms with Gasteiger partial charge in [0.2, 0.25) is 11.8 Å². The van der Waals surface area contributed by atoms with Gasteiger partial charge in [0, 0.05) is 24.8 Å². The molecule has 18 heteroatoms. The molecule has 2 aromatic heterocycles. The van der Waals surface area contributed by atoms with Gasteiger partial charge in [0.15, 0.2) is 10.9 Å². The minimum atomic E-state index is -5.08. The number of carbonyl (C=O) groups is 2. The molecule has 0 radical (unpaired) electrons. The van der Waals surface area contributed by atoms with Gasteiger partial charge in [0.1, 0.15) is 11.3 Å². The third kappa shape index (κ3) is 9.34. The molecule has 0 aliphatic rings. The number of rotatable bonds is 6. The van der Waals surface area contributed by atoms with E-state index in [1.165, 1.54) is 54.8 Å². The lowest BCUT2D eigenvalue weighted by Crippen LogP contribution is -2.21. The Morgan fingerprint density at radius 1 is 0.833 bits per heavy atom. The Kier molecular flexibility index (Phi) is 10.2. The van der Waals surface area contributed by atoms with E-state index < -0.39 is 36.0 Å². The van der Waals surface area contributed by atoms with Crippen molar-refractivity contribution in [2.24, 2.45) is 0 Å². The Morgan fingerprint density at radius 3 is 1.96 bits per heavy atom. The highest BCUT2D eigenvalue weighted by molar-refractivity contribution is 7.22. The van der Waals surface area contributed by atoms with Crippen LogP contribution in [-0.2, 0) is 15.8 Å². The number of carbonyl (C=O) groups excluding carboxylic acids is 1. The topological polar surface area (TPSA) is 111 Å². The number of pyridine rings is 1. The van der Waals surface area contributed by atoms with Gasteiger partial charge in [0.05, 0.1) is 10.3 Å². The first-order valence-corrected chi connectivity index (χ1v) is 13.8. The fourth-order valence-electron chi connectivity index (χ4n) is 3.96. The van der Waals surface area contributed by atoms with Crippen LogP contribution in [0.3, 0.4) is 0 Å². The number of nitrogens with one attached hydrogen (secondary N) is 1. The van der Waals surface area contributed by atoms with Crippen molar-refractivity contribution in [2.75, 3.05) is 5.32 Å². The van der Waals surface area contributed by atoms with Crippen LogP contribution in [0.15, 0.2) is 79.0 Å². The molecule has 0 bridgehead atoms. The van der Waals surface area contributed by atoms with Crippen LogP contribution in [0.4, 0.5) is 44.6 Å². The number of aromatic nitrogens is 2. The van der Waals surface area contributed by atoms with Crippen molar-refractivity contribution in [2.45, 2.75) is 25.6 Å². The number of thiazole rings is 1. The molecule has 3 aromatic carbocycles. The van der Waals surface area contributed by atoms with Crippen molar-refractivity contribution in [3.05, 3.63) is 84.6 Å². The number of ether oxygens (including phenoxy) is 2. The maximum atomic E-state index is 13.2. The fraction of sp³-hybridized carbons (Fsp3) is 0.133. The summed E-state index contributed by atoms with van der Waals surface area (Å²) in [5.41, 5.74) is 1.29. The molecule has 5 rings (SSSR count). The quantitative estimate of drug-likeness (QED) is 0.170. The molecule has 252 valence electrons. The lowest BCUT2D eigenvalue weighted by atomic mass is 9.95. The third-order valence-corrected chi connectivity index (χ3v) is 6.86. The summed E-state index contributed by atoms with van der Waals surface area (Å²) in [6.07, 6.45) is -13.1. The number of hydrogen-bond donors (Lipinski definition) is 2. The maximum Gasteiger partial charge on any atom is 0.573 e. The second-order valence-corrected chi connectivity index (χ2v) is 10.5. The Bertz CT molecular complexity index is 1920. The zero-order valence-electron chi connectivity index (χ0n) is 23.8. The zero-order chi connectivity index (χ0) is 35.4. The average Bonchev–Trinajstić information content (AvgIpc) is 3.39. The number of amides is 1. The number of alkyl halides is 9. The summed E-state index contributed by atoms with van der Waals surface area (Å²) in [7, 11) is 0. The number of para-hydroxylation sites is 1. The maximum absolute atomic E-state index is 13.2. The molecule has 0 spiro atoms. The summed E-state index contributed by atoms with van der Waals surface area (Å²) in [5, 5.41) is 10.1. The summed E-state index contributed by atoms with van der Waals surface area (Å²) in [5.74, 6) is -3.07. The number of hydrogen-bond acceptors (Lipinski definition) is 7. The minimum Gasteiger partial charge on any atom is -0.475 e. The van der Waals surface area contributed by atoms with Crippen LogP contribution >= 0.6 is 11.3 Å². The average molecular weight is 704 g/mol. The van der Waals surface area contributed by atoms with E-state index in [4.69, 9.17) is 14.6 Å². The number of aliphatic carboxylic acids is 1. The highest BCUT2D eigenvalue weighted by Gasteiger charge is 2.38. The van der Waals surface area contributed by atoms with Crippen molar-refractivity contribution in [1.82, 2.24) is 9.97 Å². The third-order valence-electron chi connectivity index (χ3n) is 5.92. The molecule has 1 amide bonds. The van der Waals surface area contributed by atoms with Gasteiger partial charge in [-0.3, -0.25) is 4.79 Å². The van der Waals surface area contributed by atoms with Gasteiger partial charge >= 0.3 is 24.7 Å². The van der Waals surface area contributed by atoms with Gasteiger partial charge in [-0.1, -0.05) is 41.7 Å². The van der Waals surface area contributed by atoms with Gasteiger partial charge in [0.25, 0.3) is 0 Å². The SMILES string of the molecule is CC(=O)Nc1nc2c(Oc3cc(-c4ccc(C(F)(F)F)cc4)c(-c4ccc(OC(F)(F)F)cc4)cn3)cccc2s1.O=C(O)C(F)(F)F. The first-order chi connectivity index (χ1) is 22.3. The number of carboxylic acid groups (broad SMARTS) is 1. The molecule has 0 fully saturated rings. The predicted molar refractivity (Wildman–Crippen MR) is 154 cm³/mol. The van der Waals surface area contributed by atoms with E-state index in [0.717, 1.165) is 29.0 Å². The van der Waals surface area contributed by atoms with Crippen LogP contribution in [0, 0.1) is 0 Å². The van der Waals surface area contributed by atoms with Crippen LogP contribution in [0.1, 0.15) is 12.5 Å². The first kappa shape index (κ1) is 35.5. The van der Waals surface area contributed by atoms with E-state index in [2.05, 4.69) is 20.0 Å². The molecule has 0 aliphatic carbocycles. The largest absolute Gasteiger partial charge is 0.573 e. The van der Waals surface area contributed by atoms with E-state index in [1.54, 1.807) is 18.2 Å². The van der Waals surface area contributed by atoms with Crippen LogP contribution < -0.4 is 14.8 Å². The lowest BCUT2D eigenvalue weighted by molar-refractivity contribution is -0.274. The molecular formula is C30H18F9N3O5S. The van der Waals surface area contributed by atoms with E-state index >= 15 is 0 Å². The summed E-state index contributed by atoms with van der Waals surface area (Å²) in [6.45, 7) is 1.36. The Morgan fingerprint density at radius 2 is 1.42 bits per heavy atom. The lowest BCUT2D eigenvalue weighted by Gasteiger charge is -2.14. The number of anilines is 1. The fourth-order valence-corrected chi connectivity index (χ4v) is 4.89. The van der Waals surface area contributed by atoms with E-state index in [1.807, 2.05) is 0 Å². The van der Waals surface area contributed by atoms with Crippen LogP contribution in [0.5, 0.6) is 17.4 Å². The Hall–Kier alpha value is -5.39. The highest BCUT2D eigenvalue weighted by Crippen LogP contribution is 2.39. The number of benzene rings is 3. The van der Waals surface area contributed by atoms with Gasteiger partial charge in [-0.05, 0) is 53.1 Å². The van der Waals surface area contributed by atoms with Gasteiger partial charge in [-0.15, -0.1) is 13.2 Å². The molecule has 2 heterocycles. The second-order valence-electron chi connectivity index (χ2n) is 9.42. The summed E-state index contributed by atoms with van der Waals surface area (Å²) in [4.78, 5) is 29.1. The summed E-state index contributed by atoms with van der Waals surface area (Å²) in [6, 6.07) is 16.1. The Labute approximate surface area is 267 Å². The molecule has 2 N–H and O–H groups in total. The van der Waals surface area contributed by atoms with Gasteiger partial charge in [-0.2, -0.15) is 26.3 Å². The smallest absolute Gasteiger partial charge is 0.475 e. The van der Waals surface area contributed by atoms with Crippen molar-refractivity contribution < 1.29 is 63.7 Å². The van der Waals surface area contributed by atoms with E-state index in [0.29, 0.717) is 38.7 Å². The van der Waals surface area contributed by atoms with Gasteiger partial charge in [-0.25, -0.2) is 14.8 Å².